The molecule has 0 fully saturated rings. The molecule has 0 aliphatic carbocycles. The minimum atomic E-state index is 0.483. The Morgan fingerprint density at radius 1 is 1.33 bits per heavy atom. The summed E-state index contributed by atoms with van der Waals surface area (Å²) >= 11 is 0. The van der Waals surface area contributed by atoms with Crippen molar-refractivity contribution in [1.82, 2.24) is 14.9 Å². The van der Waals surface area contributed by atoms with Crippen molar-refractivity contribution in [3.63, 3.8) is 0 Å². The summed E-state index contributed by atoms with van der Waals surface area (Å²) in [6, 6.07) is 6.89. The number of hydrogen-bond acceptors (Lipinski definition) is 2. The monoisotopic (exact) mass is 247 g/mol. The molecule has 0 aliphatic heterocycles. The van der Waals surface area contributed by atoms with E-state index < -0.39 is 0 Å². The van der Waals surface area contributed by atoms with Gasteiger partial charge in [-0.25, -0.2) is 4.98 Å². The van der Waals surface area contributed by atoms with Crippen LogP contribution in [0.2, 0.25) is 0 Å². The molecule has 0 radical (unpaired) electrons. The van der Waals surface area contributed by atoms with Crippen LogP contribution in [0.4, 0.5) is 0 Å². The van der Waals surface area contributed by atoms with Gasteiger partial charge in [-0.2, -0.15) is 0 Å². The second-order valence-electron chi connectivity index (χ2n) is 4.26. The van der Waals surface area contributed by atoms with E-state index in [-0.39, 0.29) is 0 Å². The molecule has 2 rings (SSSR count). The van der Waals surface area contributed by atoms with Crippen LogP contribution in [-0.4, -0.2) is 23.1 Å². The Morgan fingerprint density at radius 2 is 2.06 bits per heavy atom. The van der Waals surface area contributed by atoms with Crippen molar-refractivity contribution in [3.8, 4) is 0 Å². The number of nitrogens with zero attached hydrogens (tertiary/aromatic N) is 2. The van der Waals surface area contributed by atoms with Crippen LogP contribution in [0.5, 0.6) is 0 Å². The zero-order valence-electron chi connectivity index (χ0n) is 12.2. The number of aryl methyl sites for hydroxylation is 1. The maximum Gasteiger partial charge on any atom is 0.0961 e. The van der Waals surface area contributed by atoms with Crippen LogP contribution in [0.25, 0.3) is 11.0 Å². The lowest BCUT2D eigenvalue weighted by atomic mass is 10.2. The van der Waals surface area contributed by atoms with Crippen LogP contribution in [-0.2, 0) is 0 Å². The van der Waals surface area contributed by atoms with E-state index >= 15 is 0 Å². The van der Waals surface area contributed by atoms with Gasteiger partial charge in [-0.3, -0.25) is 0 Å². The van der Waals surface area contributed by atoms with E-state index in [2.05, 4.69) is 46.9 Å². The Morgan fingerprint density at radius 3 is 2.67 bits per heavy atom. The maximum atomic E-state index is 4.45. The Balaban J connectivity index is 0.000000771. The second-order valence-corrected chi connectivity index (χ2v) is 4.26. The first-order valence-corrected chi connectivity index (χ1v) is 6.84. The van der Waals surface area contributed by atoms with E-state index in [4.69, 9.17) is 0 Å². The Labute approximate surface area is 110 Å². The highest BCUT2D eigenvalue weighted by molar-refractivity contribution is 5.76. The predicted octanol–water partition coefficient (Wildman–Crippen LogP) is 3.54. The molecule has 1 aromatic heterocycles. The molecular formula is C15H25N3. The molecule has 1 aromatic carbocycles. The summed E-state index contributed by atoms with van der Waals surface area (Å²) < 4.78 is 2.28. The molecule has 100 valence electrons. The van der Waals surface area contributed by atoms with Gasteiger partial charge in [-0.1, -0.05) is 26.8 Å². The number of aromatic nitrogens is 2. The van der Waals surface area contributed by atoms with Crippen molar-refractivity contribution in [2.75, 3.05) is 13.6 Å². The highest BCUT2D eigenvalue weighted by Crippen LogP contribution is 2.20. The van der Waals surface area contributed by atoms with E-state index in [0.717, 1.165) is 18.5 Å². The number of rotatable bonds is 4. The van der Waals surface area contributed by atoms with Gasteiger partial charge in [0.15, 0.2) is 0 Å². The van der Waals surface area contributed by atoms with Gasteiger partial charge in [0.1, 0.15) is 0 Å². The Kier molecular flexibility index (Phi) is 5.86. The summed E-state index contributed by atoms with van der Waals surface area (Å²) in [5.41, 5.74) is 3.61. The molecule has 3 heteroatoms. The minimum absolute atomic E-state index is 0.483. The quantitative estimate of drug-likeness (QED) is 0.895. The summed E-state index contributed by atoms with van der Waals surface area (Å²) in [4.78, 5) is 4.45. The summed E-state index contributed by atoms with van der Waals surface area (Å²) in [6.45, 7) is 9.31. The molecule has 0 saturated heterocycles. The van der Waals surface area contributed by atoms with Crippen LogP contribution in [0, 0.1) is 6.92 Å². The highest BCUT2D eigenvalue weighted by atomic mass is 15.1. The molecule has 3 nitrogen and oxygen atoms in total. The molecule has 0 aliphatic rings. The number of likely N-dealkylation sites (N-methyl/N-ethyl adjacent to an activating group) is 1. The zero-order valence-corrected chi connectivity index (χ0v) is 12.2. The van der Waals surface area contributed by atoms with Crippen LogP contribution >= 0.6 is 0 Å². The van der Waals surface area contributed by atoms with Crippen molar-refractivity contribution < 1.29 is 0 Å². The largest absolute Gasteiger partial charge is 0.326 e. The van der Waals surface area contributed by atoms with E-state index in [0.29, 0.717) is 6.04 Å². The molecule has 0 bridgehead atoms. The predicted molar refractivity (Wildman–Crippen MR) is 79.1 cm³/mol. The third-order valence-electron chi connectivity index (χ3n) is 3.03. The molecule has 0 saturated carbocycles. The normalized spacial score (nSPS) is 12.1. The van der Waals surface area contributed by atoms with Gasteiger partial charge in [0.25, 0.3) is 0 Å². The number of benzene rings is 1. The lowest BCUT2D eigenvalue weighted by Gasteiger charge is -2.17. The smallest absolute Gasteiger partial charge is 0.0961 e. The lowest BCUT2D eigenvalue weighted by molar-refractivity contribution is 0.475. The van der Waals surface area contributed by atoms with Gasteiger partial charge in [0, 0.05) is 12.6 Å². The molecule has 1 atom stereocenters. The topological polar surface area (TPSA) is 29.9 Å². The third kappa shape index (κ3) is 3.10. The van der Waals surface area contributed by atoms with E-state index in [1.165, 1.54) is 11.1 Å². The van der Waals surface area contributed by atoms with Crippen LogP contribution in [0.1, 0.15) is 38.8 Å². The molecule has 1 N–H and O–H groups in total. The number of hydrogen-bond donors (Lipinski definition) is 1. The first-order valence-electron chi connectivity index (χ1n) is 6.84. The first-order chi connectivity index (χ1) is 8.76. The zero-order chi connectivity index (χ0) is 13.5. The third-order valence-corrected chi connectivity index (χ3v) is 3.03. The van der Waals surface area contributed by atoms with Gasteiger partial charge in [-0.15, -0.1) is 0 Å². The minimum Gasteiger partial charge on any atom is -0.326 e. The molecule has 0 amide bonds. The van der Waals surface area contributed by atoms with Crippen LogP contribution in [0.3, 0.4) is 0 Å². The van der Waals surface area contributed by atoms with Gasteiger partial charge in [-0.05, 0) is 38.1 Å². The van der Waals surface area contributed by atoms with E-state index in [9.17, 15) is 0 Å². The van der Waals surface area contributed by atoms with Gasteiger partial charge in [0.05, 0.1) is 17.4 Å². The van der Waals surface area contributed by atoms with Crippen molar-refractivity contribution in [1.29, 1.82) is 0 Å². The molecule has 0 spiro atoms. The fourth-order valence-electron chi connectivity index (χ4n) is 2.10. The van der Waals surface area contributed by atoms with Crippen molar-refractivity contribution in [2.24, 2.45) is 0 Å². The Bertz CT molecular complexity index is 474. The van der Waals surface area contributed by atoms with Gasteiger partial charge >= 0.3 is 0 Å². The first kappa shape index (κ1) is 14.7. The summed E-state index contributed by atoms with van der Waals surface area (Å²) in [5, 5.41) is 3.24. The molecule has 0 unspecified atom stereocenters. The van der Waals surface area contributed by atoms with Crippen molar-refractivity contribution in [3.05, 3.63) is 30.1 Å². The van der Waals surface area contributed by atoms with Crippen molar-refractivity contribution in [2.45, 2.75) is 40.2 Å². The standard InChI is InChI=1S/C13H19N3.C2H6/c1-4-11(8-14-3)16-9-15-12-6-5-10(2)7-13(12)16;1-2/h5-7,9,11,14H,4,8H2,1-3H3;1-2H3/t11-;/m0./s1. The second kappa shape index (κ2) is 7.17. The average molecular weight is 247 g/mol. The van der Waals surface area contributed by atoms with Gasteiger partial charge < -0.3 is 9.88 Å². The molecular weight excluding hydrogens is 222 g/mol. The fourth-order valence-corrected chi connectivity index (χ4v) is 2.10. The summed E-state index contributed by atoms with van der Waals surface area (Å²) in [7, 11) is 1.99. The highest BCUT2D eigenvalue weighted by Gasteiger charge is 2.11. The van der Waals surface area contributed by atoms with E-state index in [1.54, 1.807) is 0 Å². The average Bonchev–Trinajstić information content (AvgIpc) is 2.81. The Hall–Kier alpha value is -1.35. The number of imidazole rings is 1. The molecule has 2 aromatic rings. The number of fused-ring (bicyclic) bond motifs is 1. The van der Waals surface area contributed by atoms with Crippen LogP contribution in [0.15, 0.2) is 24.5 Å². The molecule has 18 heavy (non-hydrogen) atoms. The molecule has 1 heterocycles. The lowest BCUT2D eigenvalue weighted by Crippen LogP contribution is -2.21. The van der Waals surface area contributed by atoms with Crippen molar-refractivity contribution >= 4 is 11.0 Å². The fraction of sp³-hybridized carbons (Fsp3) is 0.533. The number of nitrogens with one attached hydrogen (secondary N) is 1. The maximum absolute atomic E-state index is 4.45. The summed E-state index contributed by atoms with van der Waals surface area (Å²) in [6.07, 6.45) is 3.07. The SMILES string of the molecule is CC.CC[C@@H](CNC)n1cnc2ccc(C)cc21. The van der Waals surface area contributed by atoms with Gasteiger partial charge in [0.2, 0.25) is 0 Å². The summed E-state index contributed by atoms with van der Waals surface area (Å²) in [5.74, 6) is 0. The van der Waals surface area contributed by atoms with E-state index in [1.807, 2.05) is 27.2 Å². The van der Waals surface area contributed by atoms with Crippen LogP contribution < -0.4 is 5.32 Å².